The van der Waals surface area contributed by atoms with E-state index in [0.717, 1.165) is 52.0 Å². The van der Waals surface area contributed by atoms with E-state index < -0.39 is 12.2 Å². The molecule has 0 saturated carbocycles. The summed E-state index contributed by atoms with van der Waals surface area (Å²) >= 11 is 0. The Hall–Kier alpha value is -4.53. The lowest BCUT2D eigenvalue weighted by molar-refractivity contribution is -0.0772. The van der Waals surface area contributed by atoms with Gasteiger partial charge in [0.2, 0.25) is 5.89 Å². The number of hydrogen-bond donors (Lipinski definition) is 1. The lowest BCUT2D eigenvalue weighted by Crippen LogP contribution is -2.37. The summed E-state index contributed by atoms with van der Waals surface area (Å²) in [5.74, 6) is 2.09. The average molecular weight is 476 g/mol. The molecule has 9 heteroatoms. The SMILES string of the molecule is COC(=O)ON(CC=C(C)c1ccc2oc(Cc3nc(-c4ccccc4)oc3C)cc2c1)C(N)=O. The van der Waals surface area contributed by atoms with Crippen LogP contribution in [-0.2, 0) is 16.0 Å². The number of benzene rings is 2. The number of hydrogen-bond acceptors (Lipinski definition) is 7. The number of allylic oxidation sites excluding steroid dienone is 1. The number of carbonyl (C=O) groups is 2. The third-order valence-electron chi connectivity index (χ3n) is 5.44. The standard InChI is InChI=1S/C26H25N3O6/c1-16(11-12-29(25(27)30)35-26(31)32-3)19-9-10-23-20(13-19)14-21(34-23)15-22-17(2)33-24(28-22)18-7-5-4-6-8-18/h4-11,13-14H,12,15H2,1-3H3,(H2,27,30). The molecule has 0 radical (unpaired) electrons. The smallest absolute Gasteiger partial charge is 0.461 e. The fourth-order valence-corrected chi connectivity index (χ4v) is 3.53. The zero-order chi connectivity index (χ0) is 24.9. The molecule has 0 fully saturated rings. The number of furan rings is 1. The fourth-order valence-electron chi connectivity index (χ4n) is 3.53. The number of amides is 2. The highest BCUT2D eigenvalue weighted by Crippen LogP contribution is 2.28. The van der Waals surface area contributed by atoms with Gasteiger partial charge in [-0.2, -0.15) is 0 Å². The monoisotopic (exact) mass is 475 g/mol. The molecule has 2 aromatic carbocycles. The Morgan fingerprint density at radius 2 is 1.89 bits per heavy atom. The Morgan fingerprint density at radius 3 is 2.60 bits per heavy atom. The van der Waals surface area contributed by atoms with Crippen LogP contribution in [0.15, 0.2) is 69.5 Å². The highest BCUT2D eigenvalue weighted by Gasteiger charge is 2.16. The van der Waals surface area contributed by atoms with E-state index in [-0.39, 0.29) is 6.54 Å². The van der Waals surface area contributed by atoms with E-state index in [4.69, 9.17) is 19.4 Å². The Labute approximate surface area is 201 Å². The largest absolute Gasteiger partial charge is 0.533 e. The van der Waals surface area contributed by atoms with E-state index in [9.17, 15) is 9.59 Å². The molecular weight excluding hydrogens is 450 g/mol. The number of nitrogens with two attached hydrogens (primary N) is 1. The maximum absolute atomic E-state index is 11.5. The van der Waals surface area contributed by atoms with Gasteiger partial charge in [-0.05, 0) is 55.3 Å². The van der Waals surface area contributed by atoms with Gasteiger partial charge < -0.3 is 24.1 Å². The first-order chi connectivity index (χ1) is 16.8. The van der Waals surface area contributed by atoms with E-state index in [1.54, 1.807) is 6.08 Å². The summed E-state index contributed by atoms with van der Waals surface area (Å²) < 4.78 is 16.3. The number of hydroxylamine groups is 2. The van der Waals surface area contributed by atoms with Gasteiger partial charge in [-0.1, -0.05) is 30.3 Å². The summed E-state index contributed by atoms with van der Waals surface area (Å²) in [4.78, 5) is 32.2. The Morgan fingerprint density at radius 1 is 1.11 bits per heavy atom. The molecule has 0 bridgehead atoms. The number of urea groups is 1. The maximum atomic E-state index is 11.5. The van der Waals surface area contributed by atoms with Gasteiger partial charge in [0.25, 0.3) is 0 Å². The van der Waals surface area contributed by atoms with Crippen LogP contribution in [0.4, 0.5) is 9.59 Å². The molecule has 0 aliphatic heterocycles. The van der Waals surface area contributed by atoms with Crippen molar-refractivity contribution in [1.82, 2.24) is 10.0 Å². The summed E-state index contributed by atoms with van der Waals surface area (Å²) in [5, 5.41) is 1.64. The van der Waals surface area contributed by atoms with Crippen LogP contribution in [-0.4, -0.2) is 35.9 Å². The molecule has 9 nitrogen and oxygen atoms in total. The molecule has 35 heavy (non-hydrogen) atoms. The molecule has 0 aliphatic rings. The number of methoxy groups -OCH3 is 1. The lowest BCUT2D eigenvalue weighted by Gasteiger charge is -2.16. The molecule has 0 unspecified atom stereocenters. The van der Waals surface area contributed by atoms with Gasteiger partial charge in [0, 0.05) is 10.9 Å². The number of rotatable bonds is 6. The molecule has 0 saturated heterocycles. The van der Waals surface area contributed by atoms with E-state index in [2.05, 4.69) is 9.72 Å². The summed E-state index contributed by atoms with van der Waals surface area (Å²) in [5.41, 5.74) is 9.50. The van der Waals surface area contributed by atoms with Crippen molar-refractivity contribution >= 4 is 28.7 Å². The van der Waals surface area contributed by atoms with Crippen molar-refractivity contribution in [2.45, 2.75) is 20.3 Å². The number of primary amides is 1. The van der Waals surface area contributed by atoms with E-state index in [1.807, 2.05) is 68.4 Å². The number of fused-ring (bicyclic) bond motifs is 1. The van der Waals surface area contributed by atoms with Crippen LogP contribution in [0.1, 0.15) is 29.7 Å². The minimum atomic E-state index is -1.03. The van der Waals surface area contributed by atoms with Crippen LogP contribution in [0.25, 0.3) is 28.0 Å². The average Bonchev–Trinajstić information content (AvgIpc) is 3.43. The number of aromatic nitrogens is 1. The Balaban J connectivity index is 1.50. The minimum Gasteiger partial charge on any atom is -0.461 e. The molecule has 2 N–H and O–H groups in total. The second kappa shape index (κ2) is 10.2. The van der Waals surface area contributed by atoms with Gasteiger partial charge in [-0.25, -0.2) is 14.6 Å². The summed E-state index contributed by atoms with van der Waals surface area (Å²) in [7, 11) is 1.14. The van der Waals surface area contributed by atoms with Crippen LogP contribution in [0, 0.1) is 6.92 Å². The second-order valence-electron chi connectivity index (χ2n) is 7.86. The van der Waals surface area contributed by atoms with Crippen LogP contribution >= 0.6 is 0 Å². The fraction of sp³-hybridized carbons (Fsp3) is 0.192. The van der Waals surface area contributed by atoms with Crippen LogP contribution in [0.3, 0.4) is 0 Å². The number of carbonyl (C=O) groups excluding carboxylic acids is 2. The molecule has 0 atom stereocenters. The van der Waals surface area contributed by atoms with E-state index in [0.29, 0.717) is 17.4 Å². The number of aryl methyl sites for hydroxylation is 1. The summed E-state index contributed by atoms with van der Waals surface area (Å²) in [6.45, 7) is 3.74. The molecule has 4 aromatic rings. The topological polar surface area (TPSA) is 121 Å². The van der Waals surface area contributed by atoms with Crippen LogP contribution < -0.4 is 5.73 Å². The molecule has 2 aromatic heterocycles. The minimum absolute atomic E-state index is 0.0277. The number of nitrogens with zero attached hydrogens (tertiary/aromatic N) is 2. The molecule has 2 amide bonds. The van der Waals surface area contributed by atoms with Crippen LogP contribution in [0.5, 0.6) is 0 Å². The Kier molecular flexibility index (Phi) is 6.86. The van der Waals surface area contributed by atoms with Gasteiger partial charge in [0.15, 0.2) is 0 Å². The van der Waals surface area contributed by atoms with Crippen molar-refractivity contribution in [3.63, 3.8) is 0 Å². The molecule has 0 spiro atoms. The first-order valence-corrected chi connectivity index (χ1v) is 10.9. The summed E-state index contributed by atoms with van der Waals surface area (Å²) in [6, 6.07) is 16.6. The van der Waals surface area contributed by atoms with Crippen molar-refractivity contribution in [2.24, 2.45) is 5.73 Å². The number of ether oxygens (including phenoxy) is 1. The third-order valence-corrected chi connectivity index (χ3v) is 5.44. The molecule has 0 aliphatic carbocycles. The van der Waals surface area contributed by atoms with Gasteiger partial charge in [-0.3, -0.25) is 0 Å². The zero-order valence-electron chi connectivity index (χ0n) is 19.6. The zero-order valence-corrected chi connectivity index (χ0v) is 19.6. The first kappa shape index (κ1) is 23.6. The third kappa shape index (κ3) is 5.52. The van der Waals surface area contributed by atoms with Gasteiger partial charge >= 0.3 is 12.2 Å². The van der Waals surface area contributed by atoms with E-state index >= 15 is 0 Å². The molecule has 180 valence electrons. The predicted octanol–water partition coefficient (Wildman–Crippen LogP) is 5.47. The highest BCUT2D eigenvalue weighted by molar-refractivity contribution is 5.83. The maximum Gasteiger partial charge on any atom is 0.533 e. The Bertz CT molecular complexity index is 1390. The highest BCUT2D eigenvalue weighted by atomic mass is 16.8. The second-order valence-corrected chi connectivity index (χ2v) is 7.86. The van der Waals surface area contributed by atoms with E-state index in [1.165, 1.54) is 0 Å². The van der Waals surface area contributed by atoms with Crippen molar-refractivity contribution in [3.05, 3.63) is 83.5 Å². The van der Waals surface area contributed by atoms with Gasteiger partial charge in [0.05, 0.1) is 25.8 Å². The number of oxazole rings is 1. The van der Waals surface area contributed by atoms with Gasteiger partial charge in [0.1, 0.15) is 17.1 Å². The van der Waals surface area contributed by atoms with Crippen molar-refractivity contribution in [3.8, 4) is 11.5 Å². The van der Waals surface area contributed by atoms with Gasteiger partial charge in [-0.15, -0.1) is 5.06 Å². The van der Waals surface area contributed by atoms with Crippen molar-refractivity contribution in [1.29, 1.82) is 0 Å². The predicted molar refractivity (Wildman–Crippen MR) is 129 cm³/mol. The van der Waals surface area contributed by atoms with Crippen LogP contribution in [0.2, 0.25) is 0 Å². The van der Waals surface area contributed by atoms with Crippen molar-refractivity contribution in [2.75, 3.05) is 13.7 Å². The molecule has 4 rings (SSSR count). The van der Waals surface area contributed by atoms with Crippen molar-refractivity contribution < 1.29 is 28.0 Å². The molecule has 2 heterocycles. The lowest BCUT2D eigenvalue weighted by atomic mass is 10.1. The first-order valence-electron chi connectivity index (χ1n) is 10.9. The molecular formula is C26H25N3O6. The normalized spacial score (nSPS) is 11.5. The quantitative estimate of drug-likeness (QED) is 0.290. The summed E-state index contributed by atoms with van der Waals surface area (Å²) in [6.07, 6.45) is 1.19.